The summed E-state index contributed by atoms with van der Waals surface area (Å²) in [6.45, 7) is 1.49. The number of thiazole rings is 1. The number of aromatic nitrogens is 1. The van der Waals surface area contributed by atoms with E-state index in [4.69, 9.17) is 4.42 Å². The molecule has 0 aliphatic heterocycles. The average molecular weight is 207 g/mol. The SMILES string of the molecule is CC(=O)c1ccc(Cc2nccs2)o1. The Morgan fingerprint density at radius 2 is 2.43 bits per heavy atom. The van der Waals surface area contributed by atoms with Gasteiger partial charge in [-0.15, -0.1) is 11.3 Å². The van der Waals surface area contributed by atoms with Crippen molar-refractivity contribution >= 4 is 17.1 Å². The predicted octanol–water partition coefficient (Wildman–Crippen LogP) is 2.53. The summed E-state index contributed by atoms with van der Waals surface area (Å²) in [4.78, 5) is 15.1. The van der Waals surface area contributed by atoms with Gasteiger partial charge in [-0.3, -0.25) is 4.79 Å². The Hall–Kier alpha value is -1.42. The summed E-state index contributed by atoms with van der Waals surface area (Å²) in [5, 5.41) is 2.92. The molecule has 0 amide bonds. The summed E-state index contributed by atoms with van der Waals surface area (Å²) < 4.78 is 5.34. The van der Waals surface area contributed by atoms with Crippen LogP contribution in [0.2, 0.25) is 0 Å². The summed E-state index contributed by atoms with van der Waals surface area (Å²) in [5.74, 6) is 1.15. The normalized spacial score (nSPS) is 10.4. The Kier molecular flexibility index (Phi) is 2.45. The average Bonchev–Trinajstić information content (AvgIpc) is 2.75. The smallest absolute Gasteiger partial charge is 0.194 e. The second-order valence-corrected chi connectivity index (χ2v) is 3.90. The van der Waals surface area contributed by atoms with Crippen LogP contribution < -0.4 is 0 Å². The van der Waals surface area contributed by atoms with E-state index in [1.807, 2.05) is 11.4 Å². The third-order valence-corrected chi connectivity index (χ3v) is 2.60. The maximum absolute atomic E-state index is 11.0. The number of carbonyl (C=O) groups excluding carboxylic acids is 1. The molecule has 0 radical (unpaired) electrons. The van der Waals surface area contributed by atoms with Gasteiger partial charge in [0.05, 0.1) is 11.4 Å². The first-order valence-electron chi connectivity index (χ1n) is 4.24. The molecule has 0 saturated heterocycles. The fourth-order valence-corrected chi connectivity index (χ4v) is 1.78. The van der Waals surface area contributed by atoms with E-state index in [2.05, 4.69) is 4.98 Å². The van der Waals surface area contributed by atoms with E-state index in [1.165, 1.54) is 6.92 Å². The Balaban J connectivity index is 2.14. The fourth-order valence-electron chi connectivity index (χ4n) is 1.15. The molecule has 2 aromatic heterocycles. The molecule has 14 heavy (non-hydrogen) atoms. The van der Waals surface area contributed by atoms with Crippen molar-refractivity contribution in [1.29, 1.82) is 0 Å². The van der Waals surface area contributed by atoms with Gasteiger partial charge in [-0.1, -0.05) is 0 Å². The first-order chi connectivity index (χ1) is 6.75. The van der Waals surface area contributed by atoms with Gasteiger partial charge in [0.1, 0.15) is 5.76 Å². The summed E-state index contributed by atoms with van der Waals surface area (Å²) in [7, 11) is 0. The summed E-state index contributed by atoms with van der Waals surface area (Å²) in [6, 6.07) is 3.52. The van der Waals surface area contributed by atoms with E-state index < -0.39 is 0 Å². The van der Waals surface area contributed by atoms with E-state index in [1.54, 1.807) is 23.6 Å². The van der Waals surface area contributed by atoms with Crippen LogP contribution in [0.3, 0.4) is 0 Å². The first-order valence-corrected chi connectivity index (χ1v) is 5.11. The van der Waals surface area contributed by atoms with Crippen LogP contribution in [0.15, 0.2) is 28.1 Å². The third kappa shape index (κ3) is 1.90. The molecule has 0 spiro atoms. The molecule has 72 valence electrons. The van der Waals surface area contributed by atoms with Gasteiger partial charge in [0.25, 0.3) is 0 Å². The molecule has 0 saturated carbocycles. The van der Waals surface area contributed by atoms with Gasteiger partial charge in [-0.05, 0) is 12.1 Å². The summed E-state index contributed by atoms with van der Waals surface area (Å²) in [5.41, 5.74) is 0. The first kappa shape index (κ1) is 9.15. The number of nitrogens with zero attached hydrogens (tertiary/aromatic N) is 1. The number of rotatable bonds is 3. The molecule has 0 atom stereocenters. The lowest BCUT2D eigenvalue weighted by Gasteiger charge is -1.91. The van der Waals surface area contributed by atoms with Gasteiger partial charge in [0.15, 0.2) is 11.5 Å². The molecule has 4 heteroatoms. The predicted molar refractivity (Wildman–Crippen MR) is 53.6 cm³/mol. The number of hydrogen-bond acceptors (Lipinski definition) is 4. The van der Waals surface area contributed by atoms with Crippen molar-refractivity contribution in [2.75, 3.05) is 0 Å². The zero-order valence-corrected chi connectivity index (χ0v) is 8.50. The van der Waals surface area contributed by atoms with Gasteiger partial charge < -0.3 is 4.42 Å². The highest BCUT2D eigenvalue weighted by atomic mass is 32.1. The topological polar surface area (TPSA) is 43.1 Å². The highest BCUT2D eigenvalue weighted by Crippen LogP contribution is 2.14. The van der Waals surface area contributed by atoms with Crippen molar-refractivity contribution in [3.63, 3.8) is 0 Å². The summed E-state index contributed by atoms with van der Waals surface area (Å²) in [6.07, 6.45) is 2.42. The van der Waals surface area contributed by atoms with Crippen molar-refractivity contribution in [2.24, 2.45) is 0 Å². The van der Waals surface area contributed by atoms with E-state index >= 15 is 0 Å². The van der Waals surface area contributed by atoms with Crippen LogP contribution in [0, 0.1) is 0 Å². The van der Waals surface area contributed by atoms with Crippen LogP contribution in [0.25, 0.3) is 0 Å². The van der Waals surface area contributed by atoms with Crippen molar-refractivity contribution in [3.8, 4) is 0 Å². The maximum atomic E-state index is 11.0. The Bertz CT molecular complexity index is 431. The lowest BCUT2D eigenvalue weighted by Crippen LogP contribution is -1.87. The molecule has 0 aliphatic carbocycles. The van der Waals surface area contributed by atoms with Crippen LogP contribution in [-0.2, 0) is 6.42 Å². The number of Topliss-reactive ketones (excluding diaryl/α,β-unsaturated/α-hetero) is 1. The van der Waals surface area contributed by atoms with Crippen molar-refractivity contribution < 1.29 is 9.21 Å². The zero-order valence-electron chi connectivity index (χ0n) is 7.69. The summed E-state index contributed by atoms with van der Waals surface area (Å²) >= 11 is 1.58. The van der Waals surface area contributed by atoms with E-state index in [-0.39, 0.29) is 5.78 Å². The molecule has 0 fully saturated rings. The van der Waals surface area contributed by atoms with Gasteiger partial charge in [0, 0.05) is 18.5 Å². The molecule has 2 rings (SSSR count). The molecule has 0 unspecified atom stereocenters. The lowest BCUT2D eigenvalue weighted by atomic mass is 10.3. The number of ketones is 1. The minimum absolute atomic E-state index is 0.0459. The molecule has 0 aromatic carbocycles. The third-order valence-electron chi connectivity index (χ3n) is 1.82. The van der Waals surface area contributed by atoms with Crippen LogP contribution in [-0.4, -0.2) is 10.8 Å². The minimum Gasteiger partial charge on any atom is -0.458 e. The fraction of sp³-hybridized carbons (Fsp3) is 0.200. The van der Waals surface area contributed by atoms with E-state index in [0.717, 1.165) is 10.8 Å². The van der Waals surface area contributed by atoms with E-state index in [0.29, 0.717) is 12.2 Å². The van der Waals surface area contributed by atoms with Gasteiger partial charge in [-0.25, -0.2) is 4.98 Å². The largest absolute Gasteiger partial charge is 0.458 e. The molecule has 0 aliphatic rings. The van der Waals surface area contributed by atoms with Crippen LogP contribution in [0.5, 0.6) is 0 Å². The molecule has 0 bridgehead atoms. The number of hydrogen-bond donors (Lipinski definition) is 0. The molecule has 2 heterocycles. The minimum atomic E-state index is -0.0459. The molecular weight excluding hydrogens is 198 g/mol. The maximum Gasteiger partial charge on any atom is 0.194 e. The standard InChI is InChI=1S/C10H9NO2S/c1-7(12)9-3-2-8(13-9)6-10-11-4-5-14-10/h2-5H,6H2,1H3. The van der Waals surface area contributed by atoms with Crippen LogP contribution >= 0.6 is 11.3 Å². The van der Waals surface area contributed by atoms with Gasteiger partial charge in [0.2, 0.25) is 0 Å². The second-order valence-electron chi connectivity index (χ2n) is 2.92. The quantitative estimate of drug-likeness (QED) is 0.726. The van der Waals surface area contributed by atoms with Crippen LogP contribution in [0.1, 0.15) is 28.2 Å². The zero-order chi connectivity index (χ0) is 9.97. The number of carbonyl (C=O) groups is 1. The van der Waals surface area contributed by atoms with Crippen molar-refractivity contribution in [2.45, 2.75) is 13.3 Å². The molecule has 2 aromatic rings. The van der Waals surface area contributed by atoms with Crippen molar-refractivity contribution in [3.05, 3.63) is 40.2 Å². The van der Waals surface area contributed by atoms with Crippen LogP contribution in [0.4, 0.5) is 0 Å². The monoisotopic (exact) mass is 207 g/mol. The molecule has 3 nitrogen and oxygen atoms in total. The Morgan fingerprint density at radius 3 is 3.00 bits per heavy atom. The number of furan rings is 1. The second kappa shape index (κ2) is 3.75. The van der Waals surface area contributed by atoms with Gasteiger partial charge >= 0.3 is 0 Å². The lowest BCUT2D eigenvalue weighted by molar-refractivity contribution is 0.0985. The Morgan fingerprint density at radius 1 is 1.57 bits per heavy atom. The highest BCUT2D eigenvalue weighted by Gasteiger charge is 2.07. The molecular formula is C10H9NO2S. The molecule has 0 N–H and O–H groups in total. The Labute approximate surface area is 85.4 Å². The van der Waals surface area contributed by atoms with Gasteiger partial charge in [-0.2, -0.15) is 0 Å². The van der Waals surface area contributed by atoms with E-state index in [9.17, 15) is 4.79 Å². The van der Waals surface area contributed by atoms with Crippen molar-refractivity contribution in [1.82, 2.24) is 4.98 Å². The highest BCUT2D eigenvalue weighted by molar-refractivity contribution is 7.09.